The highest BCUT2D eigenvalue weighted by Gasteiger charge is 2.15. The number of carbonyl (C=O) groups excluding carboxylic acids is 1. The summed E-state index contributed by atoms with van der Waals surface area (Å²) in [5.74, 6) is -0.134. The molecule has 6 heteroatoms. The molecule has 1 N–H and O–H groups in total. The molecule has 0 amide bonds. The largest absolute Gasteiger partial charge is 0.454 e. The van der Waals surface area contributed by atoms with Crippen LogP contribution in [0.4, 0.5) is 0 Å². The second kappa shape index (κ2) is 5.90. The number of para-hydroxylation sites is 2. The number of H-pyrrole nitrogens is 1. The van der Waals surface area contributed by atoms with E-state index in [2.05, 4.69) is 9.97 Å². The number of carbonyl (C=O) groups is 1. The predicted octanol–water partition coefficient (Wildman–Crippen LogP) is 2.77. The van der Waals surface area contributed by atoms with E-state index in [0.29, 0.717) is 22.3 Å². The highest BCUT2D eigenvalue weighted by Crippen LogP contribution is 2.21. The van der Waals surface area contributed by atoms with E-state index in [0.717, 1.165) is 10.9 Å². The highest BCUT2D eigenvalue weighted by atomic mass is 16.5. The van der Waals surface area contributed by atoms with Crippen molar-refractivity contribution in [2.24, 2.45) is 7.05 Å². The molecule has 0 atom stereocenters. The summed E-state index contributed by atoms with van der Waals surface area (Å²) in [5.41, 5.74) is 1.76. The molecule has 0 aliphatic rings. The zero-order valence-corrected chi connectivity index (χ0v) is 13.5. The highest BCUT2D eigenvalue weighted by molar-refractivity contribution is 6.04. The van der Waals surface area contributed by atoms with Crippen molar-refractivity contribution in [3.05, 3.63) is 76.5 Å². The van der Waals surface area contributed by atoms with Crippen molar-refractivity contribution in [2.45, 2.75) is 6.61 Å². The van der Waals surface area contributed by atoms with Crippen LogP contribution in [0.1, 0.15) is 16.2 Å². The lowest BCUT2D eigenvalue weighted by Gasteiger charge is -2.05. The number of ether oxygens (including phenoxy) is 1. The quantitative estimate of drug-likeness (QED) is 0.585. The number of aromatic nitrogens is 3. The summed E-state index contributed by atoms with van der Waals surface area (Å²) in [6, 6.07) is 14.6. The molecule has 0 aliphatic carbocycles. The fraction of sp³-hybridized carbons (Fsp3) is 0.105. The van der Waals surface area contributed by atoms with Gasteiger partial charge in [-0.05, 0) is 18.2 Å². The summed E-state index contributed by atoms with van der Waals surface area (Å²) in [7, 11) is 1.88. The van der Waals surface area contributed by atoms with Gasteiger partial charge in [0.25, 0.3) is 5.56 Å². The van der Waals surface area contributed by atoms with Crippen molar-refractivity contribution < 1.29 is 9.53 Å². The second-order valence-electron chi connectivity index (χ2n) is 5.78. The van der Waals surface area contributed by atoms with Gasteiger partial charge in [-0.25, -0.2) is 9.78 Å². The fourth-order valence-electron chi connectivity index (χ4n) is 2.92. The molecule has 0 unspecified atom stereocenters. The van der Waals surface area contributed by atoms with Crippen molar-refractivity contribution in [3.8, 4) is 0 Å². The van der Waals surface area contributed by atoms with Gasteiger partial charge in [0, 0.05) is 24.1 Å². The Morgan fingerprint density at radius 2 is 1.84 bits per heavy atom. The second-order valence-corrected chi connectivity index (χ2v) is 5.78. The van der Waals surface area contributed by atoms with E-state index in [4.69, 9.17) is 4.74 Å². The Labute approximate surface area is 142 Å². The van der Waals surface area contributed by atoms with Crippen LogP contribution in [0.15, 0.2) is 59.5 Å². The average Bonchev–Trinajstić information content (AvgIpc) is 2.97. The normalized spacial score (nSPS) is 11.1. The lowest BCUT2D eigenvalue weighted by Crippen LogP contribution is -2.14. The van der Waals surface area contributed by atoms with E-state index >= 15 is 0 Å². The third-order valence-electron chi connectivity index (χ3n) is 4.12. The van der Waals surface area contributed by atoms with Crippen molar-refractivity contribution in [2.75, 3.05) is 0 Å². The molecule has 4 aromatic rings. The molecular formula is C19H15N3O3. The predicted molar refractivity (Wildman–Crippen MR) is 94.4 cm³/mol. The number of esters is 1. The van der Waals surface area contributed by atoms with Crippen molar-refractivity contribution >= 4 is 27.8 Å². The third kappa shape index (κ3) is 2.67. The van der Waals surface area contributed by atoms with Gasteiger partial charge in [0.15, 0.2) is 0 Å². The molecule has 0 radical (unpaired) electrons. The number of aromatic amines is 1. The van der Waals surface area contributed by atoms with E-state index in [9.17, 15) is 9.59 Å². The Morgan fingerprint density at radius 3 is 2.68 bits per heavy atom. The first-order valence-corrected chi connectivity index (χ1v) is 7.82. The lowest BCUT2D eigenvalue weighted by molar-refractivity contribution is 0.0464. The van der Waals surface area contributed by atoms with Gasteiger partial charge in [-0.3, -0.25) is 4.79 Å². The zero-order chi connectivity index (χ0) is 17.4. The molecule has 25 heavy (non-hydrogen) atoms. The van der Waals surface area contributed by atoms with Gasteiger partial charge < -0.3 is 14.3 Å². The van der Waals surface area contributed by atoms with Crippen LogP contribution in [0.2, 0.25) is 0 Å². The Morgan fingerprint density at radius 1 is 1.12 bits per heavy atom. The van der Waals surface area contributed by atoms with Gasteiger partial charge in [0.1, 0.15) is 12.4 Å². The van der Waals surface area contributed by atoms with Gasteiger partial charge in [-0.15, -0.1) is 0 Å². The average molecular weight is 333 g/mol. The molecule has 2 aromatic heterocycles. The summed E-state index contributed by atoms with van der Waals surface area (Å²) >= 11 is 0. The van der Waals surface area contributed by atoms with Crippen LogP contribution in [-0.2, 0) is 18.4 Å². The first-order chi connectivity index (χ1) is 12.1. The van der Waals surface area contributed by atoms with Crippen LogP contribution in [0.3, 0.4) is 0 Å². The number of benzene rings is 2. The first kappa shape index (κ1) is 15.1. The summed E-state index contributed by atoms with van der Waals surface area (Å²) in [5, 5.41) is 1.33. The number of fused-ring (bicyclic) bond motifs is 2. The third-order valence-corrected chi connectivity index (χ3v) is 4.12. The first-order valence-electron chi connectivity index (χ1n) is 7.82. The molecule has 6 nitrogen and oxygen atoms in total. The van der Waals surface area contributed by atoms with Gasteiger partial charge in [0.2, 0.25) is 0 Å². The standard InChI is InChI=1S/C19H15N3O3/c1-22-10-14(12-6-3-5-9-16(12)22)19(24)25-11-17-20-15-8-4-2-7-13(15)18(23)21-17/h2-10H,11H2,1H3,(H,20,21,23). The smallest absolute Gasteiger partial charge is 0.340 e. The van der Waals surface area contributed by atoms with Gasteiger partial charge in [0.05, 0.1) is 16.5 Å². The fourth-order valence-corrected chi connectivity index (χ4v) is 2.92. The van der Waals surface area contributed by atoms with Crippen molar-refractivity contribution in [1.29, 1.82) is 0 Å². The van der Waals surface area contributed by atoms with Crippen molar-refractivity contribution in [3.63, 3.8) is 0 Å². The molecule has 0 bridgehead atoms. The number of hydrogen-bond acceptors (Lipinski definition) is 4. The van der Waals surface area contributed by atoms with Gasteiger partial charge >= 0.3 is 5.97 Å². The van der Waals surface area contributed by atoms with Crippen LogP contribution >= 0.6 is 0 Å². The number of nitrogens with zero attached hydrogens (tertiary/aromatic N) is 2. The molecule has 0 saturated heterocycles. The summed E-state index contributed by atoms with van der Waals surface area (Å²) in [6.45, 7) is -0.0951. The SMILES string of the molecule is Cn1cc(C(=O)OCc2nc3ccccc3c(=O)[nH]2)c2ccccc21. The summed E-state index contributed by atoms with van der Waals surface area (Å²) in [6.07, 6.45) is 1.74. The van der Waals surface area contributed by atoms with Crippen LogP contribution in [0.5, 0.6) is 0 Å². The molecule has 2 aromatic carbocycles. The lowest BCUT2D eigenvalue weighted by atomic mass is 10.2. The molecule has 0 saturated carbocycles. The van der Waals surface area contributed by atoms with Crippen LogP contribution < -0.4 is 5.56 Å². The minimum atomic E-state index is -0.451. The summed E-state index contributed by atoms with van der Waals surface area (Å²) in [4.78, 5) is 31.5. The molecule has 4 rings (SSSR count). The maximum Gasteiger partial charge on any atom is 0.340 e. The zero-order valence-electron chi connectivity index (χ0n) is 13.5. The minimum absolute atomic E-state index is 0.0951. The molecule has 124 valence electrons. The Bertz CT molecular complexity index is 1160. The molecule has 0 fully saturated rings. The van der Waals surface area contributed by atoms with Gasteiger partial charge in [-0.2, -0.15) is 0 Å². The maximum atomic E-state index is 12.4. The molecular weight excluding hydrogens is 318 g/mol. The van der Waals surface area contributed by atoms with Crippen LogP contribution in [0.25, 0.3) is 21.8 Å². The number of rotatable bonds is 3. The topological polar surface area (TPSA) is 77.0 Å². The monoisotopic (exact) mass is 333 g/mol. The van der Waals surface area contributed by atoms with E-state index in [-0.39, 0.29) is 12.2 Å². The molecule has 0 spiro atoms. The number of nitrogens with one attached hydrogen (secondary N) is 1. The molecule has 0 aliphatic heterocycles. The maximum absolute atomic E-state index is 12.4. The Hall–Kier alpha value is -3.41. The number of hydrogen-bond donors (Lipinski definition) is 1. The van der Waals surface area contributed by atoms with E-state index in [1.165, 1.54) is 0 Å². The van der Waals surface area contributed by atoms with Crippen molar-refractivity contribution in [1.82, 2.24) is 14.5 Å². The van der Waals surface area contributed by atoms with E-state index in [1.807, 2.05) is 35.9 Å². The van der Waals surface area contributed by atoms with Crippen LogP contribution in [-0.4, -0.2) is 20.5 Å². The minimum Gasteiger partial charge on any atom is -0.454 e. The Kier molecular flexibility index (Phi) is 3.57. The van der Waals surface area contributed by atoms with E-state index < -0.39 is 5.97 Å². The van der Waals surface area contributed by atoms with Crippen LogP contribution in [0, 0.1) is 0 Å². The summed E-state index contributed by atoms with van der Waals surface area (Å²) < 4.78 is 7.23. The van der Waals surface area contributed by atoms with Gasteiger partial charge in [-0.1, -0.05) is 30.3 Å². The Balaban J connectivity index is 1.60. The van der Waals surface area contributed by atoms with E-state index in [1.54, 1.807) is 30.5 Å². The molecule has 2 heterocycles. The number of aryl methyl sites for hydroxylation is 1.